The monoisotopic (exact) mass is 333 g/mol. The van der Waals surface area contributed by atoms with Gasteiger partial charge in [-0.1, -0.05) is 19.3 Å². The topological polar surface area (TPSA) is 46.2 Å². The molecule has 0 spiro atoms. The molecule has 0 aliphatic rings. The van der Waals surface area contributed by atoms with Gasteiger partial charge >= 0.3 is 0 Å². The predicted octanol–water partition coefficient (Wildman–Crippen LogP) is 2.67. The number of rotatable bonds is 5. The van der Waals surface area contributed by atoms with Gasteiger partial charge in [0.2, 0.25) is 10.0 Å². The van der Waals surface area contributed by atoms with Crippen LogP contribution in [0.3, 0.4) is 0 Å². The summed E-state index contributed by atoms with van der Waals surface area (Å²) in [5.41, 5.74) is 0. The van der Waals surface area contributed by atoms with E-state index in [1.807, 2.05) is 6.92 Å². The van der Waals surface area contributed by atoms with E-state index in [-0.39, 0.29) is 9.37 Å². The Morgan fingerprint density at radius 2 is 2.22 bits per heavy atom. The Morgan fingerprint density at radius 3 is 2.72 bits per heavy atom. The third-order valence-electron chi connectivity index (χ3n) is 2.26. The molecule has 1 unspecified atom stereocenters. The minimum atomic E-state index is -3.75. The molecule has 1 aromatic carbocycles. The van der Waals surface area contributed by atoms with Crippen molar-refractivity contribution >= 4 is 26.0 Å². The van der Waals surface area contributed by atoms with Gasteiger partial charge in [-0.3, -0.25) is 0 Å². The number of benzene rings is 1. The fourth-order valence-corrected chi connectivity index (χ4v) is 3.65. The molecule has 0 saturated carbocycles. The van der Waals surface area contributed by atoms with Crippen LogP contribution in [0.15, 0.2) is 27.6 Å². The Hall–Kier alpha value is -0.900. The summed E-state index contributed by atoms with van der Waals surface area (Å²) in [6, 6.07) is 2.82. The van der Waals surface area contributed by atoms with Crippen molar-refractivity contribution in [1.82, 2.24) is 4.72 Å². The highest BCUT2D eigenvalue weighted by Crippen LogP contribution is 2.23. The molecule has 0 radical (unpaired) electrons. The number of hydrogen-bond acceptors (Lipinski definition) is 2. The number of sulfonamides is 1. The number of halogens is 2. The zero-order valence-electron chi connectivity index (χ0n) is 9.78. The second-order valence-electron chi connectivity index (χ2n) is 3.70. The molecule has 1 N–H and O–H groups in total. The smallest absolute Gasteiger partial charge is 0.207 e. The van der Waals surface area contributed by atoms with Gasteiger partial charge in [0.05, 0.1) is 10.9 Å². The number of nitrogens with one attached hydrogen (secondary N) is 1. The highest BCUT2D eigenvalue weighted by atomic mass is 79.9. The van der Waals surface area contributed by atoms with Gasteiger partial charge in [0.1, 0.15) is 5.82 Å². The van der Waals surface area contributed by atoms with E-state index >= 15 is 0 Å². The van der Waals surface area contributed by atoms with Crippen LogP contribution in [0, 0.1) is 18.2 Å². The average Bonchev–Trinajstić information content (AvgIpc) is 2.27. The highest BCUT2D eigenvalue weighted by Gasteiger charge is 2.21. The Bertz CT molecular complexity index is 566. The average molecular weight is 334 g/mol. The third kappa shape index (κ3) is 3.80. The first-order valence-corrected chi connectivity index (χ1v) is 7.62. The lowest BCUT2D eigenvalue weighted by Crippen LogP contribution is -2.33. The van der Waals surface area contributed by atoms with Crippen LogP contribution in [-0.2, 0) is 10.0 Å². The summed E-state index contributed by atoms with van der Waals surface area (Å²) >= 11 is 3.02. The minimum absolute atomic E-state index is 0.0275. The van der Waals surface area contributed by atoms with Gasteiger partial charge in [-0.05, 0) is 40.5 Å². The summed E-state index contributed by atoms with van der Waals surface area (Å²) < 4.78 is 39.6. The Kier molecular flexibility index (Phi) is 5.32. The van der Waals surface area contributed by atoms with Crippen molar-refractivity contribution in [3.8, 4) is 12.3 Å². The van der Waals surface area contributed by atoms with Crippen LogP contribution in [0.25, 0.3) is 0 Å². The molecule has 3 nitrogen and oxygen atoms in total. The van der Waals surface area contributed by atoms with Crippen LogP contribution in [0.5, 0.6) is 0 Å². The van der Waals surface area contributed by atoms with Crippen molar-refractivity contribution in [1.29, 1.82) is 0 Å². The maximum atomic E-state index is 12.9. The summed E-state index contributed by atoms with van der Waals surface area (Å²) in [5, 5.41) is 0. The van der Waals surface area contributed by atoms with Crippen molar-refractivity contribution < 1.29 is 12.8 Å². The first kappa shape index (κ1) is 15.2. The van der Waals surface area contributed by atoms with Crippen molar-refractivity contribution in [3.05, 3.63) is 28.5 Å². The molecule has 0 fully saturated rings. The molecule has 0 bridgehead atoms. The molecule has 0 aliphatic carbocycles. The van der Waals surface area contributed by atoms with Crippen LogP contribution in [0.2, 0.25) is 0 Å². The van der Waals surface area contributed by atoms with Gasteiger partial charge in [0, 0.05) is 4.47 Å². The third-order valence-corrected chi connectivity index (χ3v) is 4.71. The summed E-state index contributed by atoms with van der Waals surface area (Å²) in [5.74, 6) is 1.87. The van der Waals surface area contributed by atoms with Gasteiger partial charge in [-0.15, -0.1) is 6.42 Å². The van der Waals surface area contributed by atoms with E-state index < -0.39 is 21.9 Å². The molecule has 0 aromatic heterocycles. The van der Waals surface area contributed by atoms with Gasteiger partial charge < -0.3 is 0 Å². The normalized spacial score (nSPS) is 13.0. The summed E-state index contributed by atoms with van der Waals surface area (Å²) in [6.07, 6.45) is 6.57. The highest BCUT2D eigenvalue weighted by molar-refractivity contribution is 9.10. The van der Waals surface area contributed by atoms with E-state index in [2.05, 4.69) is 26.6 Å². The standard InChI is InChI=1S/C12H13BrFNO2S/c1-3-5-10(4-2)15-18(16,17)12-7-6-9(14)8-11(12)13/h2,6-8,10,15H,3,5H2,1H3. The van der Waals surface area contributed by atoms with E-state index in [4.69, 9.17) is 6.42 Å². The first-order valence-electron chi connectivity index (χ1n) is 5.34. The zero-order chi connectivity index (χ0) is 13.8. The molecule has 0 heterocycles. The van der Waals surface area contributed by atoms with Crippen molar-refractivity contribution in [2.75, 3.05) is 0 Å². The van der Waals surface area contributed by atoms with E-state index in [9.17, 15) is 12.8 Å². The molecule has 0 amide bonds. The number of terminal acetylenes is 1. The molecule has 1 atom stereocenters. The van der Waals surface area contributed by atoms with Crippen LogP contribution in [0.4, 0.5) is 4.39 Å². The fourth-order valence-electron chi connectivity index (χ4n) is 1.41. The second kappa shape index (κ2) is 6.32. The van der Waals surface area contributed by atoms with Gasteiger partial charge in [-0.25, -0.2) is 12.8 Å². The molecule has 0 aliphatic heterocycles. The van der Waals surface area contributed by atoms with E-state index in [1.165, 1.54) is 6.07 Å². The summed E-state index contributed by atoms with van der Waals surface area (Å²) in [4.78, 5) is -0.0275. The van der Waals surface area contributed by atoms with E-state index in [1.54, 1.807) is 0 Å². The molecule has 1 rings (SSSR count). The van der Waals surface area contributed by atoms with Crippen LogP contribution >= 0.6 is 15.9 Å². The lowest BCUT2D eigenvalue weighted by Gasteiger charge is -2.13. The van der Waals surface area contributed by atoms with Crippen molar-refractivity contribution in [3.63, 3.8) is 0 Å². The van der Waals surface area contributed by atoms with Crippen LogP contribution in [-0.4, -0.2) is 14.5 Å². The minimum Gasteiger partial charge on any atom is -0.207 e. The Labute approximate surface area is 115 Å². The quantitative estimate of drug-likeness (QED) is 0.842. The van der Waals surface area contributed by atoms with E-state index in [0.717, 1.165) is 18.6 Å². The van der Waals surface area contributed by atoms with Gasteiger partial charge in [-0.2, -0.15) is 4.72 Å². The van der Waals surface area contributed by atoms with Crippen molar-refractivity contribution in [2.24, 2.45) is 0 Å². The van der Waals surface area contributed by atoms with Gasteiger partial charge in [0.25, 0.3) is 0 Å². The van der Waals surface area contributed by atoms with Crippen molar-refractivity contribution in [2.45, 2.75) is 30.7 Å². The van der Waals surface area contributed by atoms with Crippen LogP contribution in [0.1, 0.15) is 19.8 Å². The maximum Gasteiger partial charge on any atom is 0.242 e. The second-order valence-corrected chi connectivity index (χ2v) is 6.24. The summed E-state index contributed by atoms with van der Waals surface area (Å²) in [7, 11) is -3.75. The van der Waals surface area contributed by atoms with Gasteiger partial charge in [0.15, 0.2) is 0 Å². The predicted molar refractivity (Wildman–Crippen MR) is 72.0 cm³/mol. The molecule has 6 heteroatoms. The lowest BCUT2D eigenvalue weighted by molar-refractivity contribution is 0.563. The SMILES string of the molecule is C#CC(CCC)NS(=O)(=O)c1ccc(F)cc1Br. The lowest BCUT2D eigenvalue weighted by atomic mass is 10.2. The largest absolute Gasteiger partial charge is 0.242 e. The molecule has 1 aromatic rings. The molecular formula is C12H13BrFNO2S. The molecule has 0 saturated heterocycles. The van der Waals surface area contributed by atoms with E-state index in [0.29, 0.717) is 6.42 Å². The molecule has 98 valence electrons. The summed E-state index contributed by atoms with van der Waals surface area (Å²) in [6.45, 7) is 1.91. The molecule has 18 heavy (non-hydrogen) atoms. The number of hydrogen-bond donors (Lipinski definition) is 1. The molecular weight excluding hydrogens is 321 g/mol. The zero-order valence-corrected chi connectivity index (χ0v) is 12.2. The van der Waals surface area contributed by atoms with Crippen LogP contribution < -0.4 is 4.72 Å². The first-order chi connectivity index (χ1) is 8.40. The maximum absolute atomic E-state index is 12.9. The Morgan fingerprint density at radius 1 is 1.56 bits per heavy atom. The Balaban J connectivity index is 3.03. The fraction of sp³-hybridized carbons (Fsp3) is 0.333.